The predicted molar refractivity (Wildman–Crippen MR) is 399 cm³/mol. The SMILES string of the molecule is Cc1ncnc2c1ccn2[C@@H]1C[C@@]2(CN[C@H](c3ccc4cc(Br)c(Cl)nc4c3)C2)[C@@H](O)[C@H]1O.Cc1ncnc2c1ccn2[C@@H]1C[C@]2(C[C@@H](c3ccc4cc(Br)c(N)nc4c3)N(C)C2)[C@@H](O)[C@H]1O.Cc1ncnc2c1ccn2[C@@H]1C[C@]2(C[C@H](c3ccc4cc(Br)c(N)nc4c3)N(C)C2)[C@@H](O)[C@H]1O. The van der Waals surface area contributed by atoms with E-state index in [0.717, 1.165) is 132 Å². The first-order valence-corrected chi connectivity index (χ1v) is 36.7. The molecule has 3 aliphatic heterocycles. The molecule has 6 fully saturated rings. The predicted octanol–water partition coefficient (Wildman–Crippen LogP) is 10.8. The monoisotopic (exact) mass is 1570 g/mol. The first-order valence-electron chi connectivity index (χ1n) is 33.9. The summed E-state index contributed by atoms with van der Waals surface area (Å²) in [6.07, 6.45) is 9.69. The van der Waals surface area contributed by atoms with Gasteiger partial charge in [-0.2, -0.15) is 0 Å². The normalized spacial score (nSPS) is 29.7. The average Bonchev–Trinajstić information content (AvgIpc) is 1.59. The Morgan fingerprint density at radius 1 is 0.455 bits per heavy atom. The van der Waals surface area contributed by atoms with Crippen molar-refractivity contribution < 1.29 is 30.6 Å². The number of aliphatic hydroxyl groups is 6. The lowest BCUT2D eigenvalue weighted by molar-refractivity contribution is -0.0238. The molecule has 18 rings (SSSR count). The van der Waals surface area contributed by atoms with Gasteiger partial charge in [-0.25, -0.2) is 44.9 Å². The van der Waals surface area contributed by atoms with Crippen molar-refractivity contribution in [2.45, 2.75) is 132 Å². The molecule has 15 atom stereocenters. The lowest BCUT2D eigenvalue weighted by Crippen LogP contribution is -2.38. The van der Waals surface area contributed by atoms with E-state index in [1.807, 2.05) is 95.5 Å². The van der Waals surface area contributed by atoms with E-state index in [2.05, 4.69) is 170 Å². The third kappa shape index (κ3) is 11.6. The Morgan fingerprint density at radius 3 is 1.25 bits per heavy atom. The van der Waals surface area contributed by atoms with E-state index in [0.29, 0.717) is 55.7 Å². The Kier molecular flexibility index (Phi) is 17.4. The van der Waals surface area contributed by atoms with E-state index in [4.69, 9.17) is 23.1 Å². The quantitative estimate of drug-likeness (QED) is 0.0699. The van der Waals surface area contributed by atoms with Crippen LogP contribution in [0.1, 0.15) is 109 Å². The van der Waals surface area contributed by atoms with Gasteiger partial charge in [-0.1, -0.05) is 48.0 Å². The molecule has 0 bridgehead atoms. The van der Waals surface area contributed by atoms with E-state index < -0.39 is 52.9 Å². The number of nitrogens with two attached hydrogens (primary N) is 2. The lowest BCUT2D eigenvalue weighted by Gasteiger charge is -2.27. The molecule has 3 saturated carbocycles. The number of hydrogen-bond donors (Lipinski definition) is 9. The van der Waals surface area contributed by atoms with Crippen LogP contribution in [-0.2, 0) is 0 Å². The second kappa shape index (κ2) is 25.8. The highest BCUT2D eigenvalue weighted by Gasteiger charge is 2.60. The number of aryl methyl sites for hydroxylation is 3. The van der Waals surface area contributed by atoms with Crippen LogP contribution in [0.2, 0.25) is 5.15 Å². The zero-order valence-corrected chi connectivity index (χ0v) is 61.5. The largest absolute Gasteiger partial charge is 0.390 e. The second-order valence-corrected chi connectivity index (χ2v) is 32.1. The summed E-state index contributed by atoms with van der Waals surface area (Å²) in [7, 11) is 4.17. The van der Waals surface area contributed by atoms with Crippen molar-refractivity contribution in [3.05, 3.63) is 181 Å². The van der Waals surface area contributed by atoms with Crippen LogP contribution >= 0.6 is 59.4 Å². The van der Waals surface area contributed by atoms with E-state index >= 15 is 0 Å². The number of hydrogen-bond acceptors (Lipinski definition) is 20. The maximum Gasteiger partial charge on any atom is 0.143 e. The van der Waals surface area contributed by atoms with Gasteiger partial charge in [0, 0.05) is 105 Å². The van der Waals surface area contributed by atoms with Crippen molar-refractivity contribution in [3.63, 3.8) is 0 Å². The van der Waals surface area contributed by atoms with Gasteiger partial charge in [0.05, 0.1) is 83.5 Å². The minimum atomic E-state index is -0.870. The third-order valence-electron chi connectivity index (χ3n) is 23.4. The molecule has 0 unspecified atom stereocenters. The highest BCUT2D eigenvalue weighted by atomic mass is 79.9. The molecule has 3 aromatic carbocycles. The van der Waals surface area contributed by atoms with Gasteiger partial charge in [0.25, 0.3) is 0 Å². The van der Waals surface area contributed by atoms with E-state index in [9.17, 15) is 30.6 Å². The first kappa shape index (κ1) is 68.2. The number of likely N-dealkylation sites (tertiary alicyclic amines) is 2. The molecule has 101 heavy (non-hydrogen) atoms. The molecule has 27 heteroatoms. The average molecular weight is 1580 g/mol. The number of rotatable bonds is 6. The Hall–Kier alpha value is -7.28. The van der Waals surface area contributed by atoms with Gasteiger partial charge in [0.15, 0.2) is 0 Å². The van der Waals surface area contributed by atoms with Crippen molar-refractivity contribution in [3.8, 4) is 0 Å². The summed E-state index contributed by atoms with van der Waals surface area (Å²) >= 11 is 16.5. The maximum absolute atomic E-state index is 11.3. The van der Waals surface area contributed by atoms with Crippen LogP contribution in [0.5, 0.6) is 0 Å². The van der Waals surface area contributed by atoms with Crippen LogP contribution < -0.4 is 16.8 Å². The fraction of sp³-hybridized carbons (Fsp3) is 0.392. The standard InChI is InChI=1S/2C25H27BrN6O2.C24H23BrClN5O2/c2*1-13-16-5-6-32(24(16)29-12-28-13)20-10-25(22(34)21(20)33)9-19(31(2)11-25)15-4-3-14-7-17(26)23(27)30-18(14)8-15;1-12-15-4-5-31(23(15)29-11-28-12)19-9-24(21(33)20(19)32)8-18(27-10-24)14-3-2-13-6-16(25)22(26)30-17(13)7-14/h2*3-8,12,19-22,33-34H,9-11H2,1-2H3,(H2,27,30);2-7,11,18-21,27,32-33H,8-10H2,1H3/t19-,20+,21-,22-,25-;19-,20-,21+,22+,25+;18-,19+,20-,21-,24-/m010/s1. The van der Waals surface area contributed by atoms with Crippen LogP contribution in [0.3, 0.4) is 0 Å². The van der Waals surface area contributed by atoms with E-state index in [1.54, 1.807) is 19.0 Å². The van der Waals surface area contributed by atoms with Crippen molar-refractivity contribution in [2.24, 2.45) is 16.2 Å². The minimum absolute atomic E-state index is 0.0604. The van der Waals surface area contributed by atoms with Crippen LogP contribution in [0.4, 0.5) is 11.6 Å². The highest BCUT2D eigenvalue weighted by Crippen LogP contribution is 2.58. The molecule has 0 amide bonds. The number of nitrogens with one attached hydrogen (secondary N) is 1. The van der Waals surface area contributed by atoms with E-state index in [-0.39, 0.29) is 36.3 Å². The van der Waals surface area contributed by atoms with Gasteiger partial charge in [-0.15, -0.1) is 0 Å². The van der Waals surface area contributed by atoms with Crippen molar-refractivity contribution in [2.75, 3.05) is 45.2 Å². The molecule has 3 aliphatic carbocycles. The number of pyridine rings is 3. The molecule has 3 spiro atoms. The summed E-state index contributed by atoms with van der Waals surface area (Å²) in [5, 5.41) is 77.2. The molecule has 6 aliphatic rings. The van der Waals surface area contributed by atoms with Crippen molar-refractivity contribution in [1.29, 1.82) is 0 Å². The zero-order valence-electron chi connectivity index (χ0n) is 56.0. The first-order chi connectivity index (χ1) is 48.4. The van der Waals surface area contributed by atoms with Crippen LogP contribution in [0, 0.1) is 37.0 Å². The zero-order chi connectivity index (χ0) is 70.5. The molecule has 12 aromatic rings. The number of fused-ring (bicyclic) bond motifs is 6. The number of halogens is 4. The number of anilines is 2. The fourth-order valence-corrected chi connectivity index (χ4v) is 19.2. The van der Waals surface area contributed by atoms with Gasteiger partial charge in [-0.05, 0) is 192 Å². The van der Waals surface area contributed by atoms with Gasteiger partial charge in [-0.3, -0.25) is 9.80 Å². The lowest BCUT2D eigenvalue weighted by atomic mass is 9.80. The van der Waals surface area contributed by atoms with Crippen LogP contribution in [0.25, 0.3) is 65.8 Å². The van der Waals surface area contributed by atoms with Crippen LogP contribution in [0.15, 0.2) is 142 Å². The molecule has 3 saturated heterocycles. The summed E-state index contributed by atoms with van der Waals surface area (Å²) < 4.78 is 8.38. The third-order valence-corrected chi connectivity index (χ3v) is 25.7. The summed E-state index contributed by atoms with van der Waals surface area (Å²) in [6.45, 7) is 7.90. The molecule has 0 radical (unpaired) electrons. The Morgan fingerprint density at radius 2 is 0.822 bits per heavy atom. The number of aromatic nitrogens is 12. The van der Waals surface area contributed by atoms with E-state index in [1.165, 1.54) is 0 Å². The molecule has 9 aromatic heterocycles. The van der Waals surface area contributed by atoms with Crippen LogP contribution in [-0.4, -0.2) is 169 Å². The van der Waals surface area contributed by atoms with Crippen molar-refractivity contribution in [1.82, 2.24) is 73.7 Å². The topological polar surface area (TPSA) is 323 Å². The van der Waals surface area contributed by atoms with Gasteiger partial charge < -0.3 is 61.1 Å². The van der Waals surface area contributed by atoms with Gasteiger partial charge >= 0.3 is 0 Å². The highest BCUT2D eigenvalue weighted by molar-refractivity contribution is 9.11. The second-order valence-electron chi connectivity index (χ2n) is 29.2. The molecular weight excluding hydrogens is 1500 g/mol. The molecule has 12 heterocycles. The number of benzene rings is 3. The summed E-state index contributed by atoms with van der Waals surface area (Å²) in [4.78, 5) is 44.3. The maximum atomic E-state index is 11.3. The van der Waals surface area contributed by atoms with Crippen molar-refractivity contribution >= 4 is 137 Å². The Labute approximate surface area is 611 Å². The van der Waals surface area contributed by atoms with Gasteiger partial charge in [0.1, 0.15) is 71.0 Å². The smallest absolute Gasteiger partial charge is 0.143 e. The fourth-order valence-electron chi connectivity index (χ4n) is 18.1. The van der Waals surface area contributed by atoms with Gasteiger partial charge in [0.2, 0.25) is 0 Å². The molecular formula is C74H77Br3ClN17O6. The molecule has 11 N–H and O–H groups in total. The number of nitrogens with zero attached hydrogens (tertiary/aromatic N) is 14. The summed E-state index contributed by atoms with van der Waals surface area (Å²) in [6, 6.07) is 30.2. The minimum Gasteiger partial charge on any atom is -0.390 e. The number of nitrogen functional groups attached to an aromatic ring is 2. The number of aliphatic hydroxyl groups excluding tert-OH is 6. The molecule has 23 nitrogen and oxygen atoms in total. The summed E-state index contributed by atoms with van der Waals surface area (Å²) in [5.74, 6) is 0.937. The molecule has 522 valence electrons. The summed E-state index contributed by atoms with van der Waals surface area (Å²) in [5.41, 5.74) is 21.8. The Bertz CT molecular complexity index is 5040. The Balaban J connectivity index is 0.000000118.